The second kappa shape index (κ2) is 13.7. The fourth-order valence-electron chi connectivity index (χ4n) is 6.70. The number of pyridine rings is 1. The molecule has 0 aliphatic carbocycles. The molecule has 5 nitrogen and oxygen atoms in total. The van der Waals surface area contributed by atoms with Gasteiger partial charge in [0.1, 0.15) is 5.82 Å². The minimum Gasteiger partial charge on any atom is -0.509 e. The third-order valence-corrected chi connectivity index (χ3v) is 8.89. The molecule has 8 aromatic rings. The Morgan fingerprint density at radius 1 is 0.694 bits per heavy atom. The molecule has 0 aliphatic heterocycles. The summed E-state index contributed by atoms with van der Waals surface area (Å²) in [5.41, 5.74) is 10.7. The van der Waals surface area contributed by atoms with E-state index in [-0.39, 0.29) is 21.1 Å². The fourth-order valence-corrected chi connectivity index (χ4v) is 6.70. The van der Waals surface area contributed by atoms with Gasteiger partial charge in [-0.1, -0.05) is 91.7 Å². The number of rotatable bonds is 8. The summed E-state index contributed by atoms with van der Waals surface area (Å²) < 4.78 is 10.6. The van der Waals surface area contributed by atoms with Crippen LogP contribution in [0.15, 0.2) is 128 Å². The molecule has 0 saturated carbocycles. The van der Waals surface area contributed by atoms with Crippen LogP contribution in [0.25, 0.3) is 55.6 Å². The zero-order valence-corrected chi connectivity index (χ0v) is 29.8. The first kappa shape index (κ1) is 32.3. The van der Waals surface area contributed by atoms with E-state index in [0.717, 1.165) is 68.7 Å². The van der Waals surface area contributed by atoms with Crippen molar-refractivity contribution < 1.29 is 25.8 Å². The predicted octanol–water partition coefficient (Wildman–Crippen LogP) is 10.7. The Morgan fingerprint density at radius 3 is 2.22 bits per heavy atom. The maximum absolute atomic E-state index is 6.47. The van der Waals surface area contributed by atoms with Gasteiger partial charge in [-0.3, -0.25) is 4.68 Å². The van der Waals surface area contributed by atoms with Gasteiger partial charge in [-0.25, -0.2) is 4.98 Å². The average molecular weight is 818 g/mol. The Morgan fingerprint density at radius 2 is 1.45 bits per heavy atom. The summed E-state index contributed by atoms with van der Waals surface area (Å²) in [6.45, 7) is 6.34. The largest absolute Gasteiger partial charge is 2.00 e. The van der Waals surface area contributed by atoms with Crippen LogP contribution in [0, 0.1) is 26.0 Å². The molecule has 0 unspecified atom stereocenters. The molecule has 8 rings (SSSR count). The summed E-state index contributed by atoms with van der Waals surface area (Å²) >= 11 is 0. The van der Waals surface area contributed by atoms with E-state index in [2.05, 4.69) is 115 Å². The SMILES string of the molecule is CCCc1ccnc(-n2c3[c-]c(Oc4[c-]c(-n5nc(C)c(-c6ccccc6)c5C)ccc4)ccc3c3cc(-c4ccccc4)ccc32)c1.[Pt+2]. The number of fused-ring (bicyclic) bond motifs is 3. The average Bonchev–Trinajstić information content (AvgIpc) is 3.61. The van der Waals surface area contributed by atoms with Gasteiger partial charge < -0.3 is 9.30 Å². The van der Waals surface area contributed by atoms with Crippen LogP contribution in [0.3, 0.4) is 0 Å². The zero-order chi connectivity index (χ0) is 32.6. The number of hydrogen-bond donors (Lipinski definition) is 0. The Bertz CT molecular complexity index is 2410. The summed E-state index contributed by atoms with van der Waals surface area (Å²) in [5.74, 6) is 2.06. The van der Waals surface area contributed by atoms with Crippen LogP contribution in [-0.2, 0) is 27.5 Å². The van der Waals surface area contributed by atoms with Crippen molar-refractivity contribution in [2.75, 3.05) is 0 Å². The van der Waals surface area contributed by atoms with Crippen molar-refractivity contribution in [3.8, 4) is 45.3 Å². The summed E-state index contributed by atoms with van der Waals surface area (Å²) in [5, 5.41) is 7.11. The molecule has 0 saturated heterocycles. The quantitative estimate of drug-likeness (QED) is 0.144. The molecule has 0 aliphatic rings. The second-order valence-electron chi connectivity index (χ2n) is 12.1. The molecule has 0 atom stereocenters. The smallest absolute Gasteiger partial charge is 0.509 e. The normalized spacial score (nSPS) is 11.2. The van der Waals surface area contributed by atoms with E-state index in [0.29, 0.717) is 11.5 Å². The Balaban J connectivity index is 0.00000378. The number of ether oxygens (including phenoxy) is 1. The van der Waals surface area contributed by atoms with Crippen LogP contribution in [0.1, 0.15) is 30.3 Å². The Hall–Kier alpha value is -5.25. The molecule has 0 spiro atoms. The molecule has 242 valence electrons. The van der Waals surface area contributed by atoms with Crippen molar-refractivity contribution in [2.45, 2.75) is 33.6 Å². The number of aromatic nitrogens is 4. The standard InChI is InChI=1S/C43H34N4O.Pt/c1-4-12-31-23-24-44-42(25-31)46-40-22-19-34(32-13-7-5-8-14-32)26-39(40)38-21-20-37(28-41(38)46)48-36-18-11-17-35(27-36)47-30(3)43(29(2)45-47)33-15-9-6-10-16-33;/h5-11,13-26H,4,12H2,1-3H3;/q-2;+2. The van der Waals surface area contributed by atoms with Crippen molar-refractivity contribution >= 4 is 21.8 Å². The van der Waals surface area contributed by atoms with E-state index in [9.17, 15) is 0 Å². The van der Waals surface area contributed by atoms with Gasteiger partial charge in [-0.2, -0.15) is 17.2 Å². The van der Waals surface area contributed by atoms with Crippen LogP contribution in [0.5, 0.6) is 11.5 Å². The molecule has 6 heteroatoms. The minimum absolute atomic E-state index is 0. The van der Waals surface area contributed by atoms with E-state index < -0.39 is 0 Å². The maximum atomic E-state index is 6.47. The van der Waals surface area contributed by atoms with Crippen LogP contribution < -0.4 is 4.74 Å². The first-order valence-corrected chi connectivity index (χ1v) is 16.4. The molecular weight excluding hydrogens is 784 g/mol. The van der Waals surface area contributed by atoms with E-state index >= 15 is 0 Å². The molecule has 49 heavy (non-hydrogen) atoms. The van der Waals surface area contributed by atoms with E-state index in [1.54, 1.807) is 0 Å². The molecule has 0 radical (unpaired) electrons. The summed E-state index contributed by atoms with van der Waals surface area (Å²) in [7, 11) is 0. The van der Waals surface area contributed by atoms with Gasteiger partial charge in [0.25, 0.3) is 0 Å². The second-order valence-corrected chi connectivity index (χ2v) is 12.1. The summed E-state index contributed by atoms with van der Waals surface area (Å²) in [6, 6.07) is 48.9. The molecule has 0 fully saturated rings. The van der Waals surface area contributed by atoms with E-state index in [4.69, 9.17) is 14.8 Å². The molecule has 0 bridgehead atoms. The molecule has 3 aromatic heterocycles. The third kappa shape index (κ3) is 6.11. The van der Waals surface area contributed by atoms with Crippen molar-refractivity contribution in [3.63, 3.8) is 0 Å². The predicted molar refractivity (Wildman–Crippen MR) is 194 cm³/mol. The van der Waals surface area contributed by atoms with E-state index in [1.165, 1.54) is 16.7 Å². The van der Waals surface area contributed by atoms with Crippen LogP contribution in [0.4, 0.5) is 0 Å². The summed E-state index contributed by atoms with van der Waals surface area (Å²) in [6.07, 6.45) is 3.97. The number of hydrogen-bond acceptors (Lipinski definition) is 3. The number of benzene rings is 5. The number of aryl methyl sites for hydroxylation is 2. The topological polar surface area (TPSA) is 44.9 Å². The van der Waals surface area contributed by atoms with Crippen LogP contribution in [0.2, 0.25) is 0 Å². The molecule has 3 heterocycles. The molecular formula is C43H34N4OPt. The Labute approximate surface area is 301 Å². The number of nitrogens with zero attached hydrogens (tertiary/aromatic N) is 4. The Kier molecular flexibility index (Phi) is 9.03. The van der Waals surface area contributed by atoms with E-state index in [1.807, 2.05) is 54.2 Å². The minimum atomic E-state index is 0. The first-order chi connectivity index (χ1) is 23.6. The van der Waals surface area contributed by atoms with Gasteiger partial charge in [-0.05, 0) is 71.8 Å². The van der Waals surface area contributed by atoms with Crippen molar-refractivity contribution in [1.29, 1.82) is 0 Å². The molecule has 5 aromatic carbocycles. The summed E-state index contributed by atoms with van der Waals surface area (Å²) in [4.78, 5) is 4.83. The van der Waals surface area contributed by atoms with Gasteiger partial charge in [0.2, 0.25) is 0 Å². The maximum Gasteiger partial charge on any atom is 2.00 e. The zero-order valence-electron chi connectivity index (χ0n) is 27.6. The molecule has 0 N–H and O–H groups in total. The van der Waals surface area contributed by atoms with Gasteiger partial charge in [0, 0.05) is 34.5 Å². The first-order valence-electron chi connectivity index (χ1n) is 16.4. The molecule has 0 amide bonds. The van der Waals surface area contributed by atoms with Crippen LogP contribution >= 0.6 is 0 Å². The van der Waals surface area contributed by atoms with Gasteiger partial charge in [0.05, 0.1) is 5.69 Å². The van der Waals surface area contributed by atoms with Crippen molar-refractivity contribution in [2.24, 2.45) is 0 Å². The third-order valence-electron chi connectivity index (χ3n) is 8.89. The fraction of sp³-hybridized carbons (Fsp3) is 0.116. The van der Waals surface area contributed by atoms with Gasteiger partial charge in [-0.15, -0.1) is 35.7 Å². The van der Waals surface area contributed by atoms with Crippen LogP contribution in [-0.4, -0.2) is 19.3 Å². The monoisotopic (exact) mass is 817 g/mol. The van der Waals surface area contributed by atoms with Gasteiger partial charge >= 0.3 is 21.1 Å². The van der Waals surface area contributed by atoms with Crippen molar-refractivity contribution in [1.82, 2.24) is 19.3 Å². The van der Waals surface area contributed by atoms with Gasteiger partial charge in [0.15, 0.2) is 0 Å². The van der Waals surface area contributed by atoms with Crippen molar-refractivity contribution in [3.05, 3.63) is 157 Å².